The number of likely N-dealkylation sites (tertiary alicyclic amines) is 1. The Morgan fingerprint density at radius 1 is 1.07 bits per heavy atom. The summed E-state index contributed by atoms with van der Waals surface area (Å²) in [6.07, 6.45) is 4.98. The van der Waals surface area contributed by atoms with Crippen LogP contribution in [0.4, 0.5) is 10.5 Å². The smallest absolute Gasteiger partial charge is 0.342 e. The van der Waals surface area contributed by atoms with Crippen molar-refractivity contribution in [2.75, 3.05) is 19.1 Å². The van der Waals surface area contributed by atoms with Crippen molar-refractivity contribution in [3.8, 4) is 11.5 Å². The fourth-order valence-electron chi connectivity index (χ4n) is 4.07. The van der Waals surface area contributed by atoms with Crippen LogP contribution >= 0.6 is 0 Å². The molecule has 2 aromatic carbocycles. The SMILES string of the molecule is COc1ccc(C2CC(=O)N(C(=O)NNc3ccccc3)C2)cc1OC1CCCC1. The van der Waals surface area contributed by atoms with Crippen molar-refractivity contribution in [3.05, 3.63) is 54.1 Å². The van der Waals surface area contributed by atoms with E-state index in [1.807, 2.05) is 48.5 Å². The number of anilines is 1. The number of benzene rings is 2. The van der Waals surface area contributed by atoms with E-state index in [0.29, 0.717) is 18.0 Å². The summed E-state index contributed by atoms with van der Waals surface area (Å²) in [5.74, 6) is 1.14. The Balaban J connectivity index is 1.42. The molecule has 30 heavy (non-hydrogen) atoms. The van der Waals surface area contributed by atoms with Crippen LogP contribution in [-0.2, 0) is 4.79 Å². The molecule has 7 heteroatoms. The van der Waals surface area contributed by atoms with Gasteiger partial charge >= 0.3 is 6.03 Å². The Morgan fingerprint density at radius 3 is 2.57 bits per heavy atom. The summed E-state index contributed by atoms with van der Waals surface area (Å²) in [5, 5.41) is 0. The van der Waals surface area contributed by atoms with Gasteiger partial charge in [-0.25, -0.2) is 4.79 Å². The number of nitrogens with zero attached hydrogens (tertiary/aromatic N) is 1. The normalized spacial score (nSPS) is 19.0. The molecule has 2 aromatic rings. The van der Waals surface area contributed by atoms with E-state index in [2.05, 4.69) is 10.9 Å². The number of rotatable bonds is 6. The number of urea groups is 1. The number of amides is 3. The molecule has 1 aliphatic carbocycles. The average Bonchev–Trinajstić information content (AvgIpc) is 3.42. The first-order valence-electron chi connectivity index (χ1n) is 10.4. The second-order valence-corrected chi connectivity index (χ2v) is 7.76. The molecular weight excluding hydrogens is 382 g/mol. The first kappa shape index (κ1) is 20.1. The highest BCUT2D eigenvalue weighted by Crippen LogP contribution is 2.37. The molecule has 2 fully saturated rings. The Bertz CT molecular complexity index is 897. The van der Waals surface area contributed by atoms with Crippen LogP contribution in [0.2, 0.25) is 0 Å². The largest absolute Gasteiger partial charge is 0.493 e. The summed E-state index contributed by atoms with van der Waals surface area (Å²) >= 11 is 0. The van der Waals surface area contributed by atoms with Crippen LogP contribution in [0.25, 0.3) is 0 Å². The molecule has 2 N–H and O–H groups in total. The summed E-state index contributed by atoms with van der Waals surface area (Å²) in [6.45, 7) is 0.330. The summed E-state index contributed by atoms with van der Waals surface area (Å²) in [4.78, 5) is 26.2. The van der Waals surface area contributed by atoms with Crippen molar-refractivity contribution in [1.82, 2.24) is 10.3 Å². The predicted molar refractivity (Wildman–Crippen MR) is 114 cm³/mol. The highest BCUT2D eigenvalue weighted by molar-refractivity contribution is 5.97. The first-order valence-corrected chi connectivity index (χ1v) is 10.4. The van der Waals surface area contributed by atoms with Gasteiger partial charge in [-0.2, -0.15) is 0 Å². The van der Waals surface area contributed by atoms with Gasteiger partial charge in [-0.05, 0) is 55.5 Å². The van der Waals surface area contributed by atoms with Crippen LogP contribution in [0.1, 0.15) is 43.6 Å². The third kappa shape index (κ3) is 4.50. The third-order valence-electron chi connectivity index (χ3n) is 5.71. The molecule has 2 aliphatic rings. The van der Waals surface area contributed by atoms with Crippen molar-refractivity contribution in [1.29, 1.82) is 0 Å². The lowest BCUT2D eigenvalue weighted by Gasteiger charge is -2.19. The number of carbonyl (C=O) groups is 2. The summed E-state index contributed by atoms with van der Waals surface area (Å²) in [7, 11) is 1.63. The zero-order valence-electron chi connectivity index (χ0n) is 17.1. The van der Waals surface area contributed by atoms with Crippen LogP contribution in [0.15, 0.2) is 48.5 Å². The Hall–Kier alpha value is -3.22. The van der Waals surface area contributed by atoms with E-state index in [-0.39, 0.29) is 24.3 Å². The maximum Gasteiger partial charge on any atom is 0.342 e. The first-order chi connectivity index (χ1) is 14.6. The minimum atomic E-state index is -0.456. The molecule has 1 heterocycles. The van der Waals surface area contributed by atoms with Gasteiger partial charge in [0.05, 0.1) is 18.9 Å². The highest BCUT2D eigenvalue weighted by atomic mass is 16.5. The van der Waals surface area contributed by atoms with Crippen LogP contribution in [-0.4, -0.2) is 36.6 Å². The minimum absolute atomic E-state index is 0.0724. The Kier molecular flexibility index (Phi) is 6.07. The van der Waals surface area contributed by atoms with Crippen molar-refractivity contribution in [2.24, 2.45) is 0 Å². The second-order valence-electron chi connectivity index (χ2n) is 7.76. The van der Waals surface area contributed by atoms with Gasteiger partial charge in [-0.15, -0.1) is 0 Å². The van der Waals surface area contributed by atoms with Gasteiger partial charge in [0.25, 0.3) is 0 Å². The molecule has 0 spiro atoms. The van der Waals surface area contributed by atoms with Gasteiger partial charge in [0.1, 0.15) is 0 Å². The van der Waals surface area contributed by atoms with E-state index < -0.39 is 6.03 Å². The zero-order chi connectivity index (χ0) is 20.9. The summed E-state index contributed by atoms with van der Waals surface area (Å²) in [6, 6.07) is 14.6. The zero-order valence-corrected chi connectivity index (χ0v) is 17.1. The number of hydrogen-bond donors (Lipinski definition) is 2. The minimum Gasteiger partial charge on any atom is -0.493 e. The van der Waals surface area contributed by atoms with Gasteiger partial charge in [0.2, 0.25) is 5.91 Å². The average molecular weight is 409 g/mol. The van der Waals surface area contributed by atoms with Crippen LogP contribution in [0, 0.1) is 0 Å². The molecule has 4 rings (SSSR count). The van der Waals surface area contributed by atoms with Crippen LogP contribution < -0.4 is 20.3 Å². The maximum absolute atomic E-state index is 12.5. The molecule has 1 saturated carbocycles. The predicted octanol–water partition coefficient (Wildman–Crippen LogP) is 4.07. The molecule has 0 aromatic heterocycles. The third-order valence-corrected chi connectivity index (χ3v) is 5.71. The standard InChI is InChI=1S/C23H27N3O4/c1-29-20-12-11-16(13-21(20)30-19-9-5-6-10-19)17-14-22(27)26(15-17)23(28)25-24-18-7-3-2-4-8-18/h2-4,7-8,11-13,17,19,24H,5-6,9-10,14-15H2,1H3,(H,25,28). The van der Waals surface area contributed by atoms with Gasteiger partial charge in [0.15, 0.2) is 11.5 Å². The fraction of sp³-hybridized carbons (Fsp3) is 0.391. The lowest BCUT2D eigenvalue weighted by atomic mass is 9.98. The molecule has 0 radical (unpaired) electrons. The lowest BCUT2D eigenvalue weighted by molar-refractivity contribution is -0.125. The van der Waals surface area contributed by atoms with E-state index >= 15 is 0 Å². The fourth-order valence-corrected chi connectivity index (χ4v) is 4.07. The second kappa shape index (κ2) is 9.07. The van der Waals surface area contributed by atoms with Gasteiger partial charge < -0.3 is 9.47 Å². The Labute approximate surface area is 176 Å². The number of para-hydroxylation sites is 1. The van der Waals surface area contributed by atoms with Crippen molar-refractivity contribution in [3.63, 3.8) is 0 Å². The molecule has 1 atom stereocenters. The van der Waals surface area contributed by atoms with E-state index in [0.717, 1.165) is 24.1 Å². The number of hydrazine groups is 1. The lowest BCUT2D eigenvalue weighted by Crippen LogP contribution is -2.43. The molecule has 1 aliphatic heterocycles. The number of carbonyl (C=O) groups excluding carboxylic acids is 2. The van der Waals surface area contributed by atoms with E-state index in [4.69, 9.17) is 9.47 Å². The number of nitrogens with one attached hydrogen (secondary N) is 2. The number of ether oxygens (including phenoxy) is 2. The monoisotopic (exact) mass is 409 g/mol. The molecule has 7 nitrogen and oxygen atoms in total. The highest BCUT2D eigenvalue weighted by Gasteiger charge is 2.35. The molecule has 0 bridgehead atoms. The van der Waals surface area contributed by atoms with Gasteiger partial charge in [-0.1, -0.05) is 24.3 Å². The van der Waals surface area contributed by atoms with Gasteiger partial charge in [-0.3, -0.25) is 20.5 Å². The van der Waals surface area contributed by atoms with Gasteiger partial charge in [0, 0.05) is 18.9 Å². The van der Waals surface area contributed by atoms with Crippen molar-refractivity contribution < 1.29 is 19.1 Å². The molecule has 1 unspecified atom stereocenters. The van der Waals surface area contributed by atoms with Crippen molar-refractivity contribution in [2.45, 2.75) is 44.1 Å². The molecule has 3 amide bonds. The van der Waals surface area contributed by atoms with E-state index in [9.17, 15) is 9.59 Å². The van der Waals surface area contributed by atoms with Crippen molar-refractivity contribution >= 4 is 17.6 Å². The summed E-state index contributed by atoms with van der Waals surface area (Å²) < 4.78 is 11.6. The summed E-state index contributed by atoms with van der Waals surface area (Å²) in [5.41, 5.74) is 7.15. The quantitative estimate of drug-likeness (QED) is 0.703. The number of methoxy groups -OCH3 is 1. The molecular formula is C23H27N3O4. The van der Waals surface area contributed by atoms with Crippen LogP contribution in [0.5, 0.6) is 11.5 Å². The van der Waals surface area contributed by atoms with Crippen LogP contribution in [0.3, 0.4) is 0 Å². The number of hydrogen-bond acceptors (Lipinski definition) is 5. The molecule has 158 valence electrons. The van der Waals surface area contributed by atoms with E-state index in [1.165, 1.54) is 17.7 Å². The van der Waals surface area contributed by atoms with E-state index in [1.54, 1.807) is 7.11 Å². The topological polar surface area (TPSA) is 79.9 Å². The molecule has 1 saturated heterocycles. The number of imide groups is 1. The maximum atomic E-state index is 12.5. The Morgan fingerprint density at radius 2 is 1.83 bits per heavy atom.